The fourth-order valence-electron chi connectivity index (χ4n) is 5.10. The van der Waals surface area contributed by atoms with Crippen LogP contribution in [0, 0.1) is 0 Å². The first-order chi connectivity index (χ1) is 15.5. The van der Waals surface area contributed by atoms with Crippen LogP contribution in [0.4, 0.5) is 5.69 Å². The van der Waals surface area contributed by atoms with Crippen LogP contribution in [0.3, 0.4) is 0 Å². The summed E-state index contributed by atoms with van der Waals surface area (Å²) in [6.07, 6.45) is 0.548. The van der Waals surface area contributed by atoms with Crippen molar-refractivity contribution in [3.63, 3.8) is 0 Å². The number of carbonyl (C=O) groups excluding carboxylic acids is 2. The maximum atomic E-state index is 13.4. The third kappa shape index (κ3) is 3.24. The first-order valence-corrected chi connectivity index (χ1v) is 11.1. The molecule has 0 aliphatic carbocycles. The Morgan fingerprint density at radius 2 is 1.88 bits per heavy atom. The minimum Gasteiger partial charge on any atom is -0.353 e. The van der Waals surface area contributed by atoms with E-state index in [1.54, 1.807) is 0 Å². The molecule has 2 amide bonds. The summed E-state index contributed by atoms with van der Waals surface area (Å²) in [7, 11) is 6.02. The predicted molar refractivity (Wildman–Crippen MR) is 126 cm³/mol. The molecule has 0 unspecified atom stereocenters. The molecule has 166 valence electrons. The van der Waals surface area contributed by atoms with Gasteiger partial charge < -0.3 is 24.6 Å². The van der Waals surface area contributed by atoms with E-state index in [0.717, 1.165) is 35.4 Å². The number of carbonyl (C=O) groups is 2. The van der Waals surface area contributed by atoms with Crippen molar-refractivity contribution < 1.29 is 9.59 Å². The van der Waals surface area contributed by atoms with E-state index in [-0.39, 0.29) is 24.5 Å². The molecule has 1 N–H and O–H groups in total. The summed E-state index contributed by atoms with van der Waals surface area (Å²) < 4.78 is 2.12. The zero-order valence-corrected chi connectivity index (χ0v) is 18.8. The Kier molecular flexibility index (Phi) is 5.13. The maximum absolute atomic E-state index is 13.4. The summed E-state index contributed by atoms with van der Waals surface area (Å²) in [5.41, 5.74) is 4.99. The Hall–Kier alpha value is -3.32. The van der Waals surface area contributed by atoms with Gasteiger partial charge in [0, 0.05) is 37.6 Å². The van der Waals surface area contributed by atoms with Gasteiger partial charge in [0.25, 0.3) is 5.91 Å². The Balaban J connectivity index is 1.59. The Morgan fingerprint density at radius 3 is 2.69 bits per heavy atom. The van der Waals surface area contributed by atoms with Crippen LogP contribution in [0.2, 0.25) is 0 Å². The van der Waals surface area contributed by atoms with E-state index in [2.05, 4.69) is 26.9 Å². The molecule has 0 saturated heterocycles. The number of anilines is 1. The number of rotatable bonds is 5. The van der Waals surface area contributed by atoms with Crippen molar-refractivity contribution in [3.05, 3.63) is 65.4 Å². The molecule has 32 heavy (non-hydrogen) atoms. The molecule has 0 radical (unpaired) electrons. The van der Waals surface area contributed by atoms with Crippen molar-refractivity contribution in [2.75, 3.05) is 45.7 Å². The van der Waals surface area contributed by atoms with Gasteiger partial charge in [-0.15, -0.1) is 0 Å². The summed E-state index contributed by atoms with van der Waals surface area (Å²) in [5.74, 6) is 0.0410. The minimum absolute atomic E-state index is 0.0160. The predicted octanol–water partition coefficient (Wildman–Crippen LogP) is 2.47. The molecule has 0 saturated carbocycles. The number of hydrogen-bond donors (Lipinski definition) is 1. The van der Waals surface area contributed by atoms with Crippen molar-refractivity contribution in [2.45, 2.75) is 19.1 Å². The van der Waals surface area contributed by atoms with Crippen LogP contribution in [0.1, 0.15) is 27.8 Å². The summed E-state index contributed by atoms with van der Waals surface area (Å²) in [6.45, 7) is 2.30. The van der Waals surface area contributed by atoms with Crippen LogP contribution in [-0.4, -0.2) is 67.0 Å². The van der Waals surface area contributed by atoms with Crippen LogP contribution >= 0.6 is 0 Å². The van der Waals surface area contributed by atoms with Gasteiger partial charge in [-0.2, -0.15) is 0 Å². The van der Waals surface area contributed by atoms with Gasteiger partial charge in [0.05, 0.1) is 16.9 Å². The minimum atomic E-state index is -0.233. The van der Waals surface area contributed by atoms with E-state index in [0.29, 0.717) is 13.1 Å². The Labute approximate surface area is 188 Å². The van der Waals surface area contributed by atoms with Crippen molar-refractivity contribution in [3.8, 4) is 0 Å². The number of likely N-dealkylation sites (N-methyl/N-ethyl adjacent to an activating group) is 1. The molecule has 2 aliphatic heterocycles. The second kappa shape index (κ2) is 7.98. The van der Waals surface area contributed by atoms with Gasteiger partial charge in [-0.25, -0.2) is 0 Å². The quantitative estimate of drug-likeness (QED) is 0.674. The van der Waals surface area contributed by atoms with Gasteiger partial charge in [-0.3, -0.25) is 9.59 Å². The number of aromatic nitrogens is 1. The molecule has 0 spiro atoms. The van der Waals surface area contributed by atoms with E-state index in [9.17, 15) is 9.59 Å². The molecule has 5 rings (SSSR count). The molecule has 0 bridgehead atoms. The third-order valence-corrected chi connectivity index (χ3v) is 6.59. The molecule has 3 aromatic rings. The topological polar surface area (TPSA) is 60.8 Å². The van der Waals surface area contributed by atoms with Gasteiger partial charge in [0.1, 0.15) is 12.7 Å². The summed E-state index contributed by atoms with van der Waals surface area (Å²) in [5, 5.41) is 4.21. The maximum Gasteiger partial charge on any atom is 0.257 e. The lowest BCUT2D eigenvalue weighted by atomic mass is 9.96. The molecule has 7 nitrogen and oxygen atoms in total. The van der Waals surface area contributed by atoms with Crippen LogP contribution in [0.25, 0.3) is 10.9 Å². The van der Waals surface area contributed by atoms with Crippen molar-refractivity contribution >= 4 is 28.4 Å². The van der Waals surface area contributed by atoms with Gasteiger partial charge in [0.15, 0.2) is 0 Å². The molecule has 1 aromatic heterocycles. The number of amides is 2. The summed E-state index contributed by atoms with van der Waals surface area (Å²) >= 11 is 0. The number of para-hydroxylation sites is 2. The standard InChI is InChI=1S/C25H29N5O2/c1-27(2)15-13-26-22(31)16-30-21-11-7-4-8-17(21)18-12-14-29-24(23(18)30)28(3)20-10-6-5-9-19(20)25(29)32/h4-11,24H,12-16H2,1-3H3,(H,26,31)/t24-/m1/s1. The number of fused-ring (bicyclic) bond motifs is 6. The summed E-state index contributed by atoms with van der Waals surface area (Å²) in [6, 6.07) is 16.0. The highest BCUT2D eigenvalue weighted by Gasteiger charge is 2.42. The van der Waals surface area contributed by atoms with E-state index < -0.39 is 0 Å². The zero-order valence-electron chi connectivity index (χ0n) is 18.8. The highest BCUT2D eigenvalue weighted by atomic mass is 16.2. The van der Waals surface area contributed by atoms with Gasteiger partial charge in [-0.05, 0) is 44.3 Å². The first kappa shape index (κ1) is 20.6. The lowest BCUT2D eigenvalue weighted by molar-refractivity contribution is -0.121. The number of hydrogen-bond acceptors (Lipinski definition) is 4. The monoisotopic (exact) mass is 431 g/mol. The molecule has 2 aromatic carbocycles. The van der Waals surface area contributed by atoms with Crippen LogP contribution < -0.4 is 10.2 Å². The van der Waals surface area contributed by atoms with Gasteiger partial charge >= 0.3 is 0 Å². The summed E-state index contributed by atoms with van der Waals surface area (Å²) in [4.78, 5) is 32.4. The van der Waals surface area contributed by atoms with Gasteiger partial charge in [0.2, 0.25) is 5.91 Å². The highest BCUT2D eigenvalue weighted by Crippen LogP contribution is 2.44. The molecule has 3 heterocycles. The third-order valence-electron chi connectivity index (χ3n) is 6.59. The fraction of sp³-hybridized carbons (Fsp3) is 0.360. The lowest BCUT2D eigenvalue weighted by Gasteiger charge is -2.46. The lowest BCUT2D eigenvalue weighted by Crippen LogP contribution is -2.51. The number of benzene rings is 2. The SMILES string of the molecule is CN(C)CCNC(=O)Cn1c2c(c3ccccc31)CCN1C(=O)c3ccccc3N(C)[C@@H]21. The molecule has 2 aliphatic rings. The van der Waals surface area contributed by atoms with Crippen molar-refractivity contribution in [1.29, 1.82) is 0 Å². The normalized spacial score (nSPS) is 17.4. The zero-order chi connectivity index (χ0) is 22.4. The molecular formula is C25H29N5O2. The van der Waals surface area contributed by atoms with Crippen LogP contribution in [0.5, 0.6) is 0 Å². The van der Waals surface area contributed by atoms with Gasteiger partial charge in [-0.1, -0.05) is 30.3 Å². The first-order valence-electron chi connectivity index (χ1n) is 11.1. The van der Waals surface area contributed by atoms with Crippen LogP contribution in [-0.2, 0) is 17.8 Å². The molecule has 1 atom stereocenters. The van der Waals surface area contributed by atoms with E-state index in [1.165, 1.54) is 10.9 Å². The van der Waals surface area contributed by atoms with Crippen molar-refractivity contribution in [1.82, 2.24) is 19.7 Å². The Bertz CT molecular complexity index is 1200. The van der Waals surface area contributed by atoms with E-state index >= 15 is 0 Å². The Morgan fingerprint density at radius 1 is 1.12 bits per heavy atom. The largest absolute Gasteiger partial charge is 0.353 e. The molecule has 0 fully saturated rings. The highest BCUT2D eigenvalue weighted by molar-refractivity contribution is 6.02. The average molecular weight is 432 g/mol. The smallest absolute Gasteiger partial charge is 0.257 e. The second-order valence-electron chi connectivity index (χ2n) is 8.87. The molecular weight excluding hydrogens is 402 g/mol. The number of nitrogens with one attached hydrogen (secondary N) is 1. The fourth-order valence-corrected chi connectivity index (χ4v) is 5.10. The average Bonchev–Trinajstić information content (AvgIpc) is 3.10. The van der Waals surface area contributed by atoms with Crippen molar-refractivity contribution in [2.24, 2.45) is 0 Å². The second-order valence-corrected chi connectivity index (χ2v) is 8.87. The van der Waals surface area contributed by atoms with E-state index in [1.807, 2.05) is 67.3 Å². The molecule has 7 heteroatoms. The number of nitrogens with zero attached hydrogens (tertiary/aromatic N) is 4. The van der Waals surface area contributed by atoms with E-state index in [4.69, 9.17) is 0 Å². The van der Waals surface area contributed by atoms with Crippen LogP contribution in [0.15, 0.2) is 48.5 Å².